The molecule has 14 heavy (non-hydrogen) atoms. The van der Waals surface area contributed by atoms with E-state index in [4.69, 9.17) is 0 Å². The van der Waals surface area contributed by atoms with E-state index in [0.29, 0.717) is 6.07 Å². The van der Waals surface area contributed by atoms with Crippen molar-refractivity contribution >= 4 is 12.4 Å². The summed E-state index contributed by atoms with van der Waals surface area (Å²) in [5, 5.41) is 0. The molecule has 0 amide bonds. The van der Waals surface area contributed by atoms with E-state index in [2.05, 4.69) is 4.74 Å². The number of rotatable bonds is 2. The Kier molecular flexibility index (Phi) is 2.68. The molecule has 7 heteroatoms. The number of hydrogen-bond acceptors (Lipinski definition) is 1. The quantitative estimate of drug-likeness (QED) is 0.537. The van der Waals surface area contributed by atoms with Gasteiger partial charge in [0.2, 0.25) is 0 Å². The summed E-state index contributed by atoms with van der Waals surface area (Å²) in [5.41, 5.74) is -1.27. The maximum atomic E-state index is 12.5. The van der Waals surface area contributed by atoms with Crippen molar-refractivity contribution in [1.82, 2.24) is 0 Å². The van der Waals surface area contributed by atoms with Crippen LogP contribution in [-0.2, 0) is 0 Å². The molecule has 0 heterocycles. The lowest BCUT2D eigenvalue weighted by atomic mass is 9.79. The molecule has 0 fully saturated rings. The minimum absolute atomic E-state index is 0.0914. The molecule has 1 rings (SSSR count). The lowest BCUT2D eigenvalue weighted by molar-refractivity contribution is 0.404. The van der Waals surface area contributed by atoms with Crippen LogP contribution < -0.4 is 10.2 Å². The molecular formula is C7H5BF5O-. The molecule has 0 aromatic heterocycles. The minimum Gasteiger partial charge on any atom is -0.500 e. The average Bonchev–Trinajstić information content (AvgIpc) is 2.07. The zero-order chi connectivity index (χ0) is 10.9. The molecule has 1 aromatic rings. The van der Waals surface area contributed by atoms with Crippen LogP contribution in [0.25, 0.3) is 0 Å². The van der Waals surface area contributed by atoms with Gasteiger partial charge in [0.1, 0.15) is 0 Å². The molecule has 0 atom stereocenters. The van der Waals surface area contributed by atoms with Gasteiger partial charge in [-0.2, -0.15) is 0 Å². The van der Waals surface area contributed by atoms with Gasteiger partial charge in [0.15, 0.2) is 11.6 Å². The third-order valence-electron chi connectivity index (χ3n) is 1.63. The van der Waals surface area contributed by atoms with E-state index >= 15 is 0 Å². The van der Waals surface area contributed by atoms with E-state index in [1.165, 1.54) is 0 Å². The lowest BCUT2D eigenvalue weighted by Crippen LogP contribution is -2.35. The maximum Gasteiger partial charge on any atom is 0.513 e. The molecule has 0 unspecified atom stereocenters. The van der Waals surface area contributed by atoms with Gasteiger partial charge in [-0.15, -0.1) is 0 Å². The van der Waals surface area contributed by atoms with Crippen LogP contribution in [0.1, 0.15) is 0 Å². The second-order valence-electron chi connectivity index (χ2n) is 2.58. The molecule has 78 valence electrons. The first kappa shape index (κ1) is 10.8. The van der Waals surface area contributed by atoms with Gasteiger partial charge in [-0.25, -0.2) is 8.78 Å². The molecule has 1 aromatic carbocycles. The standard InChI is InChI=1S/C7H5BF5O/c1-14-7-3-6(10)5(9)2-4(7)8(11,12)13/h2-3H,1H3/q-1. The van der Waals surface area contributed by atoms with Gasteiger partial charge in [0, 0.05) is 6.07 Å². The highest BCUT2D eigenvalue weighted by Crippen LogP contribution is 2.20. The summed E-state index contributed by atoms with van der Waals surface area (Å²) in [6.45, 7) is -5.40. The molecule has 0 radical (unpaired) electrons. The maximum absolute atomic E-state index is 12.5. The number of benzene rings is 1. The van der Waals surface area contributed by atoms with Crippen LogP contribution in [0, 0.1) is 11.6 Å². The Morgan fingerprint density at radius 2 is 1.57 bits per heavy atom. The van der Waals surface area contributed by atoms with Crippen molar-refractivity contribution in [3.8, 4) is 5.75 Å². The second-order valence-corrected chi connectivity index (χ2v) is 2.58. The van der Waals surface area contributed by atoms with Crippen LogP contribution in [-0.4, -0.2) is 14.1 Å². The summed E-state index contributed by atoms with van der Waals surface area (Å²) in [6.07, 6.45) is 0. The third kappa shape index (κ3) is 1.97. The van der Waals surface area contributed by atoms with Gasteiger partial charge in [-0.05, 0) is 6.07 Å². The van der Waals surface area contributed by atoms with Crippen LogP contribution in [0.5, 0.6) is 5.75 Å². The van der Waals surface area contributed by atoms with Crippen molar-refractivity contribution in [3.63, 3.8) is 0 Å². The van der Waals surface area contributed by atoms with Crippen LogP contribution in [0.3, 0.4) is 0 Å². The normalized spacial score (nSPS) is 11.6. The lowest BCUT2D eigenvalue weighted by Gasteiger charge is -2.18. The van der Waals surface area contributed by atoms with Crippen molar-refractivity contribution in [1.29, 1.82) is 0 Å². The fraction of sp³-hybridized carbons (Fsp3) is 0.143. The number of ether oxygens (including phenoxy) is 1. The van der Waals surface area contributed by atoms with Crippen molar-refractivity contribution in [3.05, 3.63) is 23.8 Å². The van der Waals surface area contributed by atoms with Gasteiger partial charge in [0.05, 0.1) is 12.9 Å². The van der Waals surface area contributed by atoms with E-state index in [9.17, 15) is 21.7 Å². The van der Waals surface area contributed by atoms with Crippen LogP contribution in [0.2, 0.25) is 0 Å². The van der Waals surface area contributed by atoms with Gasteiger partial charge in [-0.1, -0.05) is 5.46 Å². The van der Waals surface area contributed by atoms with E-state index in [1.807, 2.05) is 0 Å². The second kappa shape index (κ2) is 3.47. The van der Waals surface area contributed by atoms with Crippen LogP contribution in [0.4, 0.5) is 21.7 Å². The highest BCUT2D eigenvalue weighted by molar-refractivity contribution is 6.74. The predicted octanol–water partition coefficient (Wildman–Crippen LogP) is 2.03. The Bertz CT molecular complexity index is 349. The van der Waals surface area contributed by atoms with Crippen molar-refractivity contribution in [2.24, 2.45) is 0 Å². The van der Waals surface area contributed by atoms with Gasteiger partial charge in [-0.3, -0.25) is 0 Å². The summed E-state index contributed by atoms with van der Waals surface area (Å²) in [6, 6.07) is 0.466. The Labute approximate surface area is 76.5 Å². The summed E-state index contributed by atoms with van der Waals surface area (Å²) in [5.74, 6) is -3.62. The third-order valence-corrected chi connectivity index (χ3v) is 1.63. The highest BCUT2D eigenvalue weighted by Gasteiger charge is 2.30. The van der Waals surface area contributed by atoms with Crippen molar-refractivity contribution in [2.75, 3.05) is 7.11 Å². The Morgan fingerprint density at radius 1 is 1.07 bits per heavy atom. The highest BCUT2D eigenvalue weighted by atomic mass is 19.4. The van der Waals surface area contributed by atoms with Crippen molar-refractivity contribution < 1.29 is 26.5 Å². The summed E-state index contributed by atoms with van der Waals surface area (Å²) in [7, 11) is 0.956. The Balaban J connectivity index is 3.35. The zero-order valence-corrected chi connectivity index (χ0v) is 7.03. The van der Waals surface area contributed by atoms with E-state index in [0.717, 1.165) is 7.11 Å². The van der Waals surface area contributed by atoms with E-state index in [1.54, 1.807) is 0 Å². The molecule has 0 N–H and O–H groups in total. The molecule has 0 saturated carbocycles. The van der Waals surface area contributed by atoms with E-state index < -0.39 is 29.8 Å². The Hall–Kier alpha value is -1.27. The number of methoxy groups -OCH3 is 1. The number of halogens is 5. The smallest absolute Gasteiger partial charge is 0.500 e. The fourth-order valence-corrected chi connectivity index (χ4v) is 0.977. The molecule has 1 nitrogen and oxygen atoms in total. The molecular weight excluding hydrogens is 206 g/mol. The first-order chi connectivity index (χ1) is 6.36. The Morgan fingerprint density at radius 3 is 2.00 bits per heavy atom. The topological polar surface area (TPSA) is 9.23 Å². The first-order valence-corrected chi connectivity index (χ1v) is 3.59. The van der Waals surface area contributed by atoms with Crippen LogP contribution >= 0.6 is 0 Å². The molecule has 0 spiro atoms. The monoisotopic (exact) mass is 211 g/mol. The van der Waals surface area contributed by atoms with Crippen molar-refractivity contribution in [2.45, 2.75) is 0 Å². The molecule has 0 aliphatic rings. The zero-order valence-electron chi connectivity index (χ0n) is 7.03. The molecule has 0 aliphatic carbocycles. The first-order valence-electron chi connectivity index (χ1n) is 3.59. The molecule has 0 saturated heterocycles. The van der Waals surface area contributed by atoms with Gasteiger partial charge >= 0.3 is 6.98 Å². The predicted molar refractivity (Wildman–Crippen MR) is 41.6 cm³/mol. The summed E-state index contributed by atoms with van der Waals surface area (Å²) >= 11 is 0. The fourth-order valence-electron chi connectivity index (χ4n) is 0.977. The summed E-state index contributed by atoms with van der Waals surface area (Å²) < 4.78 is 66.0. The molecule has 0 aliphatic heterocycles. The molecule has 0 bridgehead atoms. The van der Waals surface area contributed by atoms with E-state index in [-0.39, 0.29) is 6.07 Å². The summed E-state index contributed by atoms with van der Waals surface area (Å²) in [4.78, 5) is 0. The average molecular weight is 211 g/mol. The minimum atomic E-state index is -5.40. The van der Waals surface area contributed by atoms with Crippen LogP contribution in [0.15, 0.2) is 12.1 Å². The van der Waals surface area contributed by atoms with Gasteiger partial charge in [0.25, 0.3) is 0 Å². The van der Waals surface area contributed by atoms with Gasteiger partial charge < -0.3 is 17.7 Å². The largest absolute Gasteiger partial charge is 0.513 e. The SMILES string of the molecule is COc1cc(F)c(F)cc1[B-](F)(F)F. The number of hydrogen-bond donors (Lipinski definition) is 0.